The molecule has 0 unspecified atom stereocenters. The summed E-state index contributed by atoms with van der Waals surface area (Å²) in [7, 11) is 1.52. The van der Waals surface area contributed by atoms with E-state index in [2.05, 4.69) is 20.6 Å². The Bertz CT molecular complexity index is 582. The number of carbonyl (C=O) groups is 1. The maximum Gasteiger partial charge on any atom is 0.301 e. The minimum absolute atomic E-state index is 0.00577. The van der Waals surface area contributed by atoms with Gasteiger partial charge >= 0.3 is 6.01 Å². The number of nitrogens with zero attached hydrogens (tertiary/aromatic N) is 2. The average Bonchev–Trinajstić information content (AvgIpc) is 2.75. The fourth-order valence-electron chi connectivity index (χ4n) is 1.37. The van der Waals surface area contributed by atoms with Gasteiger partial charge in [0, 0.05) is 13.2 Å². The molecule has 0 spiro atoms. The van der Waals surface area contributed by atoms with Crippen molar-refractivity contribution in [3.05, 3.63) is 35.6 Å². The molecular weight excluding hydrogens is 239 g/mol. The van der Waals surface area contributed by atoms with Crippen LogP contribution in [0.25, 0.3) is 0 Å². The van der Waals surface area contributed by atoms with Gasteiger partial charge in [0.05, 0.1) is 11.3 Å². The highest BCUT2D eigenvalue weighted by Crippen LogP contribution is 2.16. The van der Waals surface area contributed by atoms with Gasteiger partial charge in [-0.05, 0) is 13.0 Å². The van der Waals surface area contributed by atoms with E-state index in [1.54, 1.807) is 6.92 Å². The number of carbonyl (C=O) groups excluding carboxylic acids is 1. The van der Waals surface area contributed by atoms with Crippen LogP contribution >= 0.6 is 0 Å². The van der Waals surface area contributed by atoms with E-state index in [9.17, 15) is 9.18 Å². The molecule has 18 heavy (non-hydrogen) atoms. The third-order valence-electron chi connectivity index (χ3n) is 2.21. The summed E-state index contributed by atoms with van der Waals surface area (Å²) in [6.07, 6.45) is 2.72. The predicted octanol–water partition coefficient (Wildman–Crippen LogP) is 1.81. The van der Waals surface area contributed by atoms with Gasteiger partial charge in [0.15, 0.2) is 11.6 Å². The molecule has 0 saturated carbocycles. The van der Waals surface area contributed by atoms with Crippen LogP contribution in [0.15, 0.2) is 22.9 Å². The average molecular weight is 250 g/mol. The molecule has 0 radical (unpaired) electrons. The lowest BCUT2D eigenvalue weighted by Gasteiger charge is -2.05. The number of pyridine rings is 1. The molecule has 0 aliphatic rings. The van der Waals surface area contributed by atoms with Gasteiger partial charge in [-0.1, -0.05) is 0 Å². The number of anilines is 2. The zero-order chi connectivity index (χ0) is 13.1. The zero-order valence-electron chi connectivity index (χ0n) is 9.82. The molecule has 6 nitrogen and oxygen atoms in total. The van der Waals surface area contributed by atoms with Gasteiger partial charge in [-0.15, -0.1) is 0 Å². The van der Waals surface area contributed by atoms with Crippen molar-refractivity contribution in [3.8, 4) is 0 Å². The predicted molar refractivity (Wildman–Crippen MR) is 62.9 cm³/mol. The number of hydrogen-bond donors (Lipinski definition) is 2. The second kappa shape index (κ2) is 4.82. The SMILES string of the molecule is CNc1nccc(C(=O)Nc2nc(C)co2)c1F. The van der Waals surface area contributed by atoms with Gasteiger partial charge in [0.25, 0.3) is 5.91 Å². The van der Waals surface area contributed by atoms with Gasteiger partial charge in [0.2, 0.25) is 0 Å². The molecule has 0 aliphatic heterocycles. The van der Waals surface area contributed by atoms with Crippen LogP contribution in [-0.2, 0) is 0 Å². The van der Waals surface area contributed by atoms with Crippen molar-refractivity contribution < 1.29 is 13.6 Å². The summed E-state index contributed by atoms with van der Waals surface area (Å²) in [4.78, 5) is 19.4. The monoisotopic (exact) mass is 250 g/mol. The van der Waals surface area contributed by atoms with Crippen LogP contribution in [0.2, 0.25) is 0 Å². The molecule has 2 aromatic rings. The maximum absolute atomic E-state index is 13.8. The lowest BCUT2D eigenvalue weighted by molar-refractivity contribution is 0.102. The first-order valence-corrected chi connectivity index (χ1v) is 5.17. The van der Waals surface area contributed by atoms with Crippen LogP contribution in [0.3, 0.4) is 0 Å². The molecule has 0 atom stereocenters. The standard InChI is InChI=1S/C11H11FN4O2/c1-6-5-18-11(15-6)16-10(17)7-3-4-14-9(13-2)8(7)12/h3-5H,1-2H3,(H,13,14)(H,15,16,17). The molecule has 1 amide bonds. The van der Waals surface area contributed by atoms with Crippen molar-refractivity contribution in [2.45, 2.75) is 6.92 Å². The van der Waals surface area contributed by atoms with E-state index in [0.717, 1.165) is 0 Å². The van der Waals surface area contributed by atoms with E-state index in [0.29, 0.717) is 5.69 Å². The molecule has 2 rings (SSSR count). The lowest BCUT2D eigenvalue weighted by Crippen LogP contribution is -2.15. The molecule has 0 aromatic carbocycles. The number of aromatic nitrogens is 2. The van der Waals surface area contributed by atoms with E-state index >= 15 is 0 Å². The number of nitrogens with one attached hydrogen (secondary N) is 2. The number of rotatable bonds is 3. The second-order valence-electron chi connectivity index (χ2n) is 3.52. The summed E-state index contributed by atoms with van der Waals surface area (Å²) >= 11 is 0. The van der Waals surface area contributed by atoms with Crippen molar-refractivity contribution in [1.82, 2.24) is 9.97 Å². The van der Waals surface area contributed by atoms with Gasteiger partial charge in [-0.3, -0.25) is 10.1 Å². The number of hydrogen-bond acceptors (Lipinski definition) is 5. The molecule has 2 heterocycles. The number of oxazole rings is 1. The van der Waals surface area contributed by atoms with Crippen molar-refractivity contribution >= 4 is 17.7 Å². The number of amides is 1. The molecular formula is C11H11FN4O2. The smallest absolute Gasteiger partial charge is 0.301 e. The lowest BCUT2D eigenvalue weighted by atomic mass is 10.2. The Morgan fingerprint density at radius 3 is 2.89 bits per heavy atom. The Morgan fingerprint density at radius 1 is 1.50 bits per heavy atom. The van der Waals surface area contributed by atoms with E-state index in [1.165, 1.54) is 25.6 Å². The topological polar surface area (TPSA) is 80.0 Å². The summed E-state index contributed by atoms with van der Waals surface area (Å²) in [5.74, 6) is -1.36. The van der Waals surface area contributed by atoms with Gasteiger partial charge in [0.1, 0.15) is 6.26 Å². The Morgan fingerprint density at radius 2 is 2.28 bits per heavy atom. The second-order valence-corrected chi connectivity index (χ2v) is 3.52. The quantitative estimate of drug-likeness (QED) is 0.868. The highest BCUT2D eigenvalue weighted by molar-refractivity contribution is 6.03. The van der Waals surface area contributed by atoms with Gasteiger partial charge in [-0.2, -0.15) is 4.98 Å². The Labute approximate surface area is 102 Å². The number of halogens is 1. The van der Waals surface area contributed by atoms with Crippen molar-refractivity contribution in [2.75, 3.05) is 17.7 Å². The summed E-state index contributed by atoms with van der Waals surface area (Å²) in [5.41, 5.74) is 0.488. The maximum atomic E-state index is 13.8. The minimum Gasteiger partial charge on any atom is -0.432 e. The first-order chi connectivity index (χ1) is 8.61. The molecule has 0 saturated heterocycles. The van der Waals surface area contributed by atoms with E-state index in [1.807, 2.05) is 0 Å². The molecule has 0 bridgehead atoms. The van der Waals surface area contributed by atoms with Crippen molar-refractivity contribution in [2.24, 2.45) is 0 Å². The molecule has 0 aliphatic carbocycles. The van der Waals surface area contributed by atoms with Crippen LogP contribution in [0.1, 0.15) is 16.1 Å². The van der Waals surface area contributed by atoms with Crippen molar-refractivity contribution in [1.29, 1.82) is 0 Å². The summed E-state index contributed by atoms with van der Waals surface area (Å²) < 4.78 is 18.8. The molecule has 2 N–H and O–H groups in total. The molecule has 7 heteroatoms. The highest BCUT2D eigenvalue weighted by Gasteiger charge is 2.17. The number of aryl methyl sites for hydroxylation is 1. The Balaban J connectivity index is 2.24. The van der Waals surface area contributed by atoms with E-state index in [-0.39, 0.29) is 17.4 Å². The first kappa shape index (κ1) is 12.0. The van der Waals surface area contributed by atoms with Crippen LogP contribution < -0.4 is 10.6 Å². The van der Waals surface area contributed by atoms with Crippen LogP contribution in [0, 0.1) is 12.7 Å². The van der Waals surface area contributed by atoms with Crippen LogP contribution in [-0.4, -0.2) is 22.9 Å². The molecule has 2 aromatic heterocycles. The zero-order valence-corrected chi connectivity index (χ0v) is 9.82. The first-order valence-electron chi connectivity index (χ1n) is 5.17. The Kier molecular flexibility index (Phi) is 3.22. The minimum atomic E-state index is -0.722. The third kappa shape index (κ3) is 2.29. The van der Waals surface area contributed by atoms with Gasteiger partial charge in [-0.25, -0.2) is 9.37 Å². The summed E-state index contributed by atoms with van der Waals surface area (Å²) in [5, 5.41) is 4.91. The largest absolute Gasteiger partial charge is 0.432 e. The van der Waals surface area contributed by atoms with Crippen LogP contribution in [0.5, 0.6) is 0 Å². The Hall–Kier alpha value is -2.44. The fourth-order valence-corrected chi connectivity index (χ4v) is 1.37. The van der Waals surface area contributed by atoms with Crippen LogP contribution in [0.4, 0.5) is 16.2 Å². The van der Waals surface area contributed by atoms with Gasteiger partial charge < -0.3 is 9.73 Å². The fraction of sp³-hybridized carbons (Fsp3) is 0.182. The molecule has 94 valence electrons. The third-order valence-corrected chi connectivity index (χ3v) is 2.21. The summed E-state index contributed by atoms with van der Waals surface area (Å²) in [6.45, 7) is 1.71. The highest BCUT2D eigenvalue weighted by atomic mass is 19.1. The normalized spacial score (nSPS) is 10.2. The van der Waals surface area contributed by atoms with E-state index < -0.39 is 11.7 Å². The van der Waals surface area contributed by atoms with Crippen molar-refractivity contribution in [3.63, 3.8) is 0 Å². The van der Waals surface area contributed by atoms with E-state index in [4.69, 9.17) is 4.42 Å². The molecule has 0 fully saturated rings. The summed E-state index contributed by atoms with van der Waals surface area (Å²) in [6, 6.07) is 1.31.